The Labute approximate surface area is 174 Å². The summed E-state index contributed by atoms with van der Waals surface area (Å²) < 4.78 is 0. The summed E-state index contributed by atoms with van der Waals surface area (Å²) in [6.45, 7) is 3.79. The predicted molar refractivity (Wildman–Crippen MR) is 112 cm³/mol. The number of piperazine rings is 1. The van der Waals surface area contributed by atoms with Crippen molar-refractivity contribution in [3.8, 4) is 0 Å². The van der Waals surface area contributed by atoms with Crippen LogP contribution in [0.1, 0.15) is 34.1 Å². The Kier molecular flexibility index (Phi) is 5.99. The van der Waals surface area contributed by atoms with Gasteiger partial charge in [-0.3, -0.25) is 14.5 Å². The van der Waals surface area contributed by atoms with Gasteiger partial charge in [0.25, 0.3) is 5.91 Å². The van der Waals surface area contributed by atoms with Crippen LogP contribution in [0.5, 0.6) is 0 Å². The van der Waals surface area contributed by atoms with Crippen molar-refractivity contribution in [2.75, 3.05) is 39.3 Å². The summed E-state index contributed by atoms with van der Waals surface area (Å²) in [6.07, 6.45) is 2.17. The molecule has 1 aromatic carbocycles. The maximum absolute atomic E-state index is 12.9. The van der Waals surface area contributed by atoms with E-state index in [2.05, 4.69) is 17.0 Å². The van der Waals surface area contributed by atoms with Gasteiger partial charge in [0.1, 0.15) is 0 Å². The summed E-state index contributed by atoms with van der Waals surface area (Å²) in [4.78, 5) is 32.1. The van der Waals surface area contributed by atoms with Crippen LogP contribution in [-0.2, 0) is 4.79 Å². The van der Waals surface area contributed by atoms with Gasteiger partial charge in [0.05, 0.1) is 11.4 Å². The molecule has 0 N–H and O–H groups in total. The lowest BCUT2D eigenvalue weighted by Gasteiger charge is -2.36. The van der Waals surface area contributed by atoms with Crippen LogP contribution in [0.25, 0.3) is 0 Å². The van der Waals surface area contributed by atoms with Crippen molar-refractivity contribution < 1.29 is 9.59 Å². The van der Waals surface area contributed by atoms with Gasteiger partial charge in [-0.25, -0.2) is 0 Å². The molecule has 3 heterocycles. The molecule has 0 saturated carbocycles. The average molecular weight is 418 g/mol. The first kappa shape index (κ1) is 19.4. The standard InChI is InChI=1S/C21H24ClN3O2S/c22-17-7-5-16(6-8-17)18-3-1-9-25(18)15-20(26)23-10-12-24(13-11-23)21(27)19-4-2-14-28-19/h2,4-8,14,18H,1,3,9-13,15H2. The highest BCUT2D eigenvalue weighted by atomic mass is 35.5. The number of nitrogens with zero attached hydrogens (tertiary/aromatic N) is 3. The van der Waals surface area contributed by atoms with E-state index in [9.17, 15) is 9.59 Å². The Bertz CT molecular complexity index is 817. The van der Waals surface area contributed by atoms with E-state index in [0.717, 1.165) is 29.3 Å². The van der Waals surface area contributed by atoms with Crippen LogP contribution in [-0.4, -0.2) is 65.8 Å². The monoisotopic (exact) mass is 417 g/mol. The second-order valence-corrected chi connectivity index (χ2v) is 8.71. The van der Waals surface area contributed by atoms with Crippen LogP contribution >= 0.6 is 22.9 Å². The molecule has 2 fully saturated rings. The largest absolute Gasteiger partial charge is 0.338 e. The summed E-state index contributed by atoms with van der Waals surface area (Å²) in [6, 6.07) is 12.0. The Balaban J connectivity index is 1.31. The van der Waals surface area contributed by atoms with Gasteiger partial charge < -0.3 is 9.80 Å². The van der Waals surface area contributed by atoms with E-state index in [4.69, 9.17) is 11.6 Å². The number of hydrogen-bond donors (Lipinski definition) is 0. The highest BCUT2D eigenvalue weighted by molar-refractivity contribution is 7.12. The third-order valence-electron chi connectivity index (χ3n) is 5.61. The van der Waals surface area contributed by atoms with Gasteiger partial charge in [0.15, 0.2) is 0 Å². The first-order chi connectivity index (χ1) is 13.6. The lowest BCUT2D eigenvalue weighted by Crippen LogP contribution is -2.52. The van der Waals surface area contributed by atoms with E-state index in [1.165, 1.54) is 16.9 Å². The summed E-state index contributed by atoms with van der Waals surface area (Å²) in [7, 11) is 0. The second kappa shape index (κ2) is 8.64. The minimum Gasteiger partial charge on any atom is -0.338 e. The van der Waals surface area contributed by atoms with Crippen LogP contribution in [0.15, 0.2) is 41.8 Å². The fourth-order valence-electron chi connectivity index (χ4n) is 4.07. The molecular weight excluding hydrogens is 394 g/mol. The van der Waals surface area contributed by atoms with Gasteiger partial charge in [-0.05, 0) is 48.5 Å². The summed E-state index contributed by atoms with van der Waals surface area (Å²) in [5.74, 6) is 0.230. The first-order valence-corrected chi connectivity index (χ1v) is 11.0. The number of hydrogen-bond acceptors (Lipinski definition) is 4. The van der Waals surface area contributed by atoms with Gasteiger partial charge in [-0.15, -0.1) is 11.3 Å². The number of rotatable bonds is 4. The van der Waals surface area contributed by atoms with E-state index >= 15 is 0 Å². The molecule has 0 radical (unpaired) electrons. The topological polar surface area (TPSA) is 43.9 Å². The van der Waals surface area contributed by atoms with Crippen molar-refractivity contribution >= 4 is 34.8 Å². The van der Waals surface area contributed by atoms with Crippen molar-refractivity contribution in [3.05, 3.63) is 57.2 Å². The SMILES string of the molecule is O=C(CN1CCCC1c1ccc(Cl)cc1)N1CCN(C(=O)c2cccs2)CC1. The van der Waals surface area contributed by atoms with Gasteiger partial charge >= 0.3 is 0 Å². The van der Waals surface area contributed by atoms with E-state index < -0.39 is 0 Å². The smallest absolute Gasteiger partial charge is 0.264 e. The van der Waals surface area contributed by atoms with Crippen molar-refractivity contribution in [3.63, 3.8) is 0 Å². The zero-order chi connectivity index (χ0) is 19.5. The molecule has 0 aliphatic carbocycles. The Morgan fingerprint density at radius 1 is 1.00 bits per heavy atom. The lowest BCUT2D eigenvalue weighted by atomic mass is 10.0. The molecule has 1 aromatic heterocycles. The Morgan fingerprint density at radius 2 is 1.71 bits per heavy atom. The first-order valence-electron chi connectivity index (χ1n) is 9.72. The molecule has 7 heteroatoms. The molecule has 2 aromatic rings. The zero-order valence-electron chi connectivity index (χ0n) is 15.7. The normalized spacial score (nSPS) is 20.5. The van der Waals surface area contributed by atoms with Gasteiger partial charge in [-0.1, -0.05) is 29.8 Å². The van der Waals surface area contributed by atoms with Crippen LogP contribution in [0.3, 0.4) is 0 Å². The van der Waals surface area contributed by atoms with Gasteiger partial charge in [-0.2, -0.15) is 0 Å². The number of likely N-dealkylation sites (tertiary alicyclic amines) is 1. The van der Waals surface area contributed by atoms with Crippen LogP contribution in [0.4, 0.5) is 0 Å². The predicted octanol–water partition coefficient (Wildman–Crippen LogP) is 3.52. The minimum absolute atomic E-state index is 0.0736. The highest BCUT2D eigenvalue weighted by Crippen LogP contribution is 2.32. The highest BCUT2D eigenvalue weighted by Gasteiger charge is 2.31. The van der Waals surface area contributed by atoms with Crippen molar-refractivity contribution in [1.82, 2.24) is 14.7 Å². The summed E-state index contributed by atoms with van der Waals surface area (Å²) in [5.41, 5.74) is 1.22. The number of carbonyl (C=O) groups is 2. The number of thiophene rings is 1. The molecule has 2 saturated heterocycles. The van der Waals surface area contributed by atoms with E-state index in [1.807, 2.05) is 39.4 Å². The quantitative estimate of drug-likeness (QED) is 0.764. The van der Waals surface area contributed by atoms with E-state index in [-0.39, 0.29) is 17.9 Å². The molecule has 5 nitrogen and oxygen atoms in total. The number of carbonyl (C=O) groups excluding carboxylic acids is 2. The van der Waals surface area contributed by atoms with E-state index in [1.54, 1.807) is 0 Å². The van der Waals surface area contributed by atoms with E-state index in [0.29, 0.717) is 32.7 Å². The molecule has 28 heavy (non-hydrogen) atoms. The number of amides is 2. The Hall–Kier alpha value is -1.89. The third kappa shape index (κ3) is 4.24. The van der Waals surface area contributed by atoms with Crippen molar-refractivity contribution in [2.24, 2.45) is 0 Å². The van der Waals surface area contributed by atoms with Crippen LogP contribution in [0.2, 0.25) is 5.02 Å². The summed E-state index contributed by atoms with van der Waals surface area (Å²) >= 11 is 7.47. The van der Waals surface area contributed by atoms with Crippen molar-refractivity contribution in [2.45, 2.75) is 18.9 Å². The van der Waals surface area contributed by atoms with Crippen LogP contribution < -0.4 is 0 Å². The second-order valence-electron chi connectivity index (χ2n) is 7.33. The fraction of sp³-hybridized carbons (Fsp3) is 0.429. The molecule has 0 bridgehead atoms. The molecule has 0 spiro atoms. The zero-order valence-corrected chi connectivity index (χ0v) is 17.3. The van der Waals surface area contributed by atoms with Gasteiger partial charge in [0, 0.05) is 37.2 Å². The molecule has 1 unspecified atom stereocenters. The van der Waals surface area contributed by atoms with Crippen molar-refractivity contribution in [1.29, 1.82) is 0 Å². The lowest BCUT2D eigenvalue weighted by molar-refractivity contribution is -0.134. The molecule has 2 aliphatic rings. The molecular formula is C21H24ClN3O2S. The molecule has 1 atom stereocenters. The maximum Gasteiger partial charge on any atom is 0.264 e. The minimum atomic E-state index is 0.0736. The molecule has 2 aliphatic heterocycles. The number of halogens is 1. The molecule has 2 amide bonds. The molecule has 148 valence electrons. The van der Waals surface area contributed by atoms with Crippen LogP contribution in [0, 0.1) is 0 Å². The van der Waals surface area contributed by atoms with Gasteiger partial charge in [0.2, 0.25) is 5.91 Å². The summed E-state index contributed by atoms with van der Waals surface area (Å²) in [5, 5.41) is 2.65. The number of benzene rings is 1. The average Bonchev–Trinajstić information content (AvgIpc) is 3.40. The third-order valence-corrected chi connectivity index (χ3v) is 6.72. The fourth-order valence-corrected chi connectivity index (χ4v) is 4.88. The Morgan fingerprint density at radius 3 is 2.39 bits per heavy atom. The molecule has 4 rings (SSSR count). The maximum atomic E-state index is 12.9.